The Morgan fingerprint density at radius 1 is 1.33 bits per heavy atom. The molecule has 0 amide bonds. The van der Waals surface area contributed by atoms with Gasteiger partial charge in [-0.2, -0.15) is 11.8 Å². The van der Waals surface area contributed by atoms with Gasteiger partial charge in [0.05, 0.1) is 18.2 Å². The van der Waals surface area contributed by atoms with E-state index in [-0.39, 0.29) is 6.61 Å². The third-order valence-electron chi connectivity index (χ3n) is 2.58. The van der Waals surface area contributed by atoms with E-state index in [9.17, 15) is 5.11 Å². The molecule has 0 saturated carbocycles. The van der Waals surface area contributed by atoms with Gasteiger partial charge in [-0.15, -0.1) is 0 Å². The zero-order valence-corrected chi connectivity index (χ0v) is 12.1. The molecule has 1 aromatic carbocycles. The summed E-state index contributed by atoms with van der Waals surface area (Å²) in [4.78, 5) is 4.40. The highest BCUT2D eigenvalue weighted by Crippen LogP contribution is 2.27. The largest absolute Gasteiger partial charge is 0.394 e. The average Bonchev–Trinajstić information content (AvgIpc) is 2.41. The lowest BCUT2D eigenvalue weighted by molar-refractivity contribution is 0.113. The first-order chi connectivity index (χ1) is 8.72. The number of halogens is 1. The summed E-state index contributed by atoms with van der Waals surface area (Å²) in [5.41, 5.74) is 2.13. The monoisotopic (exact) mass is 327 g/mol. The predicted molar refractivity (Wildman–Crippen MR) is 78.7 cm³/mol. The fourth-order valence-electron chi connectivity index (χ4n) is 1.67. The standard InChI is InChI=1S/C13H14BrNO2S/c14-12-4-3-9(7-18-8-10(17)6-16)13-11(12)2-1-5-15-13/h1-5,10,16-17H,6-8H2/t10-/m1/s1. The van der Waals surface area contributed by atoms with E-state index in [4.69, 9.17) is 5.11 Å². The molecule has 1 heterocycles. The van der Waals surface area contributed by atoms with E-state index >= 15 is 0 Å². The Bertz CT molecular complexity index is 535. The summed E-state index contributed by atoms with van der Waals surface area (Å²) in [6, 6.07) is 8.00. The Morgan fingerprint density at radius 2 is 2.17 bits per heavy atom. The topological polar surface area (TPSA) is 53.4 Å². The fraction of sp³-hybridized carbons (Fsp3) is 0.308. The van der Waals surface area contributed by atoms with E-state index in [1.165, 1.54) is 0 Å². The lowest BCUT2D eigenvalue weighted by Gasteiger charge is -2.09. The van der Waals surface area contributed by atoms with Crippen LogP contribution in [0.3, 0.4) is 0 Å². The minimum absolute atomic E-state index is 0.188. The zero-order valence-electron chi connectivity index (χ0n) is 9.71. The number of aliphatic hydroxyl groups is 2. The van der Waals surface area contributed by atoms with Crippen molar-refractivity contribution in [2.45, 2.75) is 11.9 Å². The maximum absolute atomic E-state index is 9.30. The van der Waals surface area contributed by atoms with Crippen LogP contribution in [0.15, 0.2) is 34.9 Å². The number of nitrogens with zero attached hydrogens (tertiary/aromatic N) is 1. The number of pyridine rings is 1. The average molecular weight is 328 g/mol. The summed E-state index contributed by atoms with van der Waals surface area (Å²) in [5.74, 6) is 1.30. The zero-order chi connectivity index (χ0) is 13.0. The number of hydrogen-bond donors (Lipinski definition) is 2. The molecule has 0 aliphatic carbocycles. The summed E-state index contributed by atoms with van der Waals surface area (Å²) in [6.45, 7) is -0.188. The van der Waals surface area contributed by atoms with Crippen molar-refractivity contribution in [2.24, 2.45) is 0 Å². The first-order valence-electron chi connectivity index (χ1n) is 5.61. The highest BCUT2D eigenvalue weighted by Gasteiger charge is 2.07. The summed E-state index contributed by atoms with van der Waals surface area (Å²) in [6.07, 6.45) is 1.13. The molecule has 18 heavy (non-hydrogen) atoms. The molecule has 0 aliphatic rings. The van der Waals surface area contributed by atoms with E-state index < -0.39 is 6.10 Å². The van der Waals surface area contributed by atoms with Crippen molar-refractivity contribution in [1.82, 2.24) is 4.98 Å². The third-order valence-corrected chi connectivity index (χ3v) is 4.41. The van der Waals surface area contributed by atoms with Crippen molar-refractivity contribution in [2.75, 3.05) is 12.4 Å². The first kappa shape index (κ1) is 13.8. The quantitative estimate of drug-likeness (QED) is 0.886. The molecule has 0 unspecified atom stereocenters. The van der Waals surface area contributed by atoms with Gasteiger partial charge in [0, 0.05) is 27.6 Å². The van der Waals surface area contributed by atoms with Crippen LogP contribution in [-0.2, 0) is 5.75 Å². The normalized spacial score (nSPS) is 12.8. The molecular formula is C13H14BrNO2S. The second-order valence-corrected chi connectivity index (χ2v) is 5.84. The minimum atomic E-state index is -0.648. The maximum atomic E-state index is 9.30. The Balaban J connectivity index is 2.16. The van der Waals surface area contributed by atoms with Crippen molar-refractivity contribution in [3.63, 3.8) is 0 Å². The molecule has 0 bridgehead atoms. The van der Waals surface area contributed by atoms with Gasteiger partial charge in [0.1, 0.15) is 0 Å². The highest BCUT2D eigenvalue weighted by atomic mass is 79.9. The van der Waals surface area contributed by atoms with E-state index in [0.29, 0.717) is 5.75 Å². The second kappa shape index (κ2) is 6.52. The lowest BCUT2D eigenvalue weighted by atomic mass is 10.1. The van der Waals surface area contributed by atoms with Crippen molar-refractivity contribution >= 4 is 38.6 Å². The van der Waals surface area contributed by atoms with Gasteiger partial charge in [-0.25, -0.2) is 0 Å². The van der Waals surface area contributed by atoms with Gasteiger partial charge in [0.25, 0.3) is 0 Å². The maximum Gasteiger partial charge on any atom is 0.0861 e. The summed E-state index contributed by atoms with van der Waals surface area (Å²) in [5, 5.41) is 19.2. The number of aliphatic hydroxyl groups excluding tert-OH is 2. The Kier molecular flexibility index (Phi) is 5.00. The van der Waals surface area contributed by atoms with Gasteiger partial charge in [-0.1, -0.05) is 28.1 Å². The fourth-order valence-corrected chi connectivity index (χ4v) is 3.07. The molecule has 2 N–H and O–H groups in total. The van der Waals surface area contributed by atoms with Crippen LogP contribution in [0.5, 0.6) is 0 Å². The van der Waals surface area contributed by atoms with Gasteiger partial charge < -0.3 is 10.2 Å². The van der Waals surface area contributed by atoms with Crippen LogP contribution in [0.4, 0.5) is 0 Å². The van der Waals surface area contributed by atoms with Gasteiger partial charge in [-0.3, -0.25) is 4.98 Å². The molecule has 1 aromatic heterocycles. The molecule has 2 aromatic rings. The molecular weight excluding hydrogens is 314 g/mol. The first-order valence-corrected chi connectivity index (χ1v) is 7.56. The van der Waals surface area contributed by atoms with Crippen LogP contribution in [0.2, 0.25) is 0 Å². The third kappa shape index (κ3) is 3.23. The lowest BCUT2D eigenvalue weighted by Crippen LogP contribution is -2.14. The SMILES string of the molecule is OC[C@@H](O)CSCc1ccc(Br)c2cccnc12. The number of hydrogen-bond acceptors (Lipinski definition) is 4. The molecule has 2 rings (SSSR count). The van der Waals surface area contributed by atoms with Crippen LogP contribution < -0.4 is 0 Å². The molecule has 0 radical (unpaired) electrons. The van der Waals surface area contributed by atoms with Crippen molar-refractivity contribution < 1.29 is 10.2 Å². The minimum Gasteiger partial charge on any atom is -0.394 e. The summed E-state index contributed by atoms with van der Waals surface area (Å²) in [7, 11) is 0. The van der Waals surface area contributed by atoms with E-state index in [1.54, 1.807) is 18.0 Å². The van der Waals surface area contributed by atoms with Gasteiger partial charge in [0.2, 0.25) is 0 Å². The highest BCUT2D eigenvalue weighted by molar-refractivity contribution is 9.10. The molecule has 0 aliphatic heterocycles. The Hall–Kier alpha value is -0.620. The Labute approximate surface area is 118 Å². The van der Waals surface area contributed by atoms with Crippen LogP contribution >= 0.6 is 27.7 Å². The number of benzene rings is 1. The number of aromatic nitrogens is 1. The van der Waals surface area contributed by atoms with Gasteiger partial charge >= 0.3 is 0 Å². The summed E-state index contributed by atoms with van der Waals surface area (Å²) < 4.78 is 1.04. The number of fused-ring (bicyclic) bond motifs is 1. The molecule has 5 heteroatoms. The molecule has 0 saturated heterocycles. The van der Waals surface area contributed by atoms with Crippen LogP contribution in [0.25, 0.3) is 10.9 Å². The van der Waals surface area contributed by atoms with E-state index in [1.807, 2.05) is 24.3 Å². The van der Waals surface area contributed by atoms with Gasteiger partial charge in [0.15, 0.2) is 0 Å². The van der Waals surface area contributed by atoms with E-state index in [2.05, 4.69) is 20.9 Å². The van der Waals surface area contributed by atoms with E-state index in [0.717, 1.165) is 26.7 Å². The molecule has 3 nitrogen and oxygen atoms in total. The number of thioether (sulfide) groups is 1. The molecule has 0 spiro atoms. The van der Waals surface area contributed by atoms with Crippen molar-refractivity contribution in [3.05, 3.63) is 40.5 Å². The molecule has 1 atom stereocenters. The smallest absolute Gasteiger partial charge is 0.0861 e. The van der Waals surface area contributed by atoms with Crippen molar-refractivity contribution in [3.8, 4) is 0 Å². The summed E-state index contributed by atoms with van der Waals surface area (Å²) >= 11 is 5.11. The number of rotatable bonds is 5. The van der Waals surface area contributed by atoms with Gasteiger partial charge in [-0.05, 0) is 17.7 Å². The molecule has 0 fully saturated rings. The molecule has 96 valence electrons. The Morgan fingerprint density at radius 3 is 2.94 bits per heavy atom. The van der Waals surface area contributed by atoms with Crippen LogP contribution in [0, 0.1) is 0 Å². The van der Waals surface area contributed by atoms with Crippen molar-refractivity contribution in [1.29, 1.82) is 0 Å². The van der Waals surface area contributed by atoms with Crippen LogP contribution in [0.1, 0.15) is 5.56 Å². The van der Waals surface area contributed by atoms with Crippen LogP contribution in [-0.4, -0.2) is 33.7 Å². The predicted octanol–water partition coefficient (Wildman–Crippen LogP) is 2.58. The second-order valence-electron chi connectivity index (χ2n) is 3.96.